The molecule has 2 N–H and O–H groups in total. The third-order valence-electron chi connectivity index (χ3n) is 4.58. The van der Waals surface area contributed by atoms with Crippen molar-refractivity contribution in [2.24, 2.45) is 11.7 Å². The zero-order valence-corrected chi connectivity index (χ0v) is 12.7. The van der Waals surface area contributed by atoms with Gasteiger partial charge in [-0.25, -0.2) is 0 Å². The largest absolute Gasteiger partial charge is 0.464 e. The van der Waals surface area contributed by atoms with E-state index < -0.39 is 0 Å². The lowest BCUT2D eigenvalue weighted by Crippen LogP contribution is -2.31. The van der Waals surface area contributed by atoms with Gasteiger partial charge >= 0.3 is 0 Å². The average Bonchev–Trinajstić information content (AvgIpc) is 3.08. The number of aryl methyl sites for hydroxylation is 2. The first-order chi connectivity index (χ1) is 10.1. The Hall–Kier alpha value is -1.81. The fourth-order valence-electron chi connectivity index (χ4n) is 3.00. The van der Waals surface area contributed by atoms with Crippen LogP contribution < -0.4 is 5.73 Å². The van der Waals surface area contributed by atoms with E-state index in [9.17, 15) is 4.79 Å². The second-order valence-electron chi connectivity index (χ2n) is 6.10. The van der Waals surface area contributed by atoms with Crippen molar-refractivity contribution in [2.45, 2.75) is 26.7 Å². The van der Waals surface area contributed by atoms with Gasteiger partial charge in [-0.1, -0.05) is 0 Å². The molecule has 1 aromatic heterocycles. The Morgan fingerprint density at radius 1 is 1.38 bits per heavy atom. The maximum Gasteiger partial charge on any atom is 0.227 e. The summed E-state index contributed by atoms with van der Waals surface area (Å²) in [5.41, 5.74) is 9.96. The van der Waals surface area contributed by atoms with Crippen LogP contribution in [0.1, 0.15) is 23.1 Å². The molecule has 0 spiro atoms. The summed E-state index contributed by atoms with van der Waals surface area (Å²) in [6, 6.07) is 4.16. The number of carbonyl (C=O) groups excluding carboxylic acids is 1. The number of amides is 1. The third-order valence-corrected chi connectivity index (χ3v) is 4.58. The first kappa shape index (κ1) is 14.1. The van der Waals surface area contributed by atoms with E-state index in [0.29, 0.717) is 18.9 Å². The summed E-state index contributed by atoms with van der Waals surface area (Å²) >= 11 is 0. The van der Waals surface area contributed by atoms with Gasteiger partial charge in [-0.3, -0.25) is 4.79 Å². The summed E-state index contributed by atoms with van der Waals surface area (Å²) < 4.78 is 5.60. The highest BCUT2D eigenvalue weighted by Gasteiger charge is 2.25. The van der Waals surface area contributed by atoms with Gasteiger partial charge in [0.15, 0.2) is 0 Å². The van der Waals surface area contributed by atoms with Gasteiger partial charge in [0.2, 0.25) is 5.91 Å². The van der Waals surface area contributed by atoms with E-state index in [4.69, 9.17) is 10.2 Å². The first-order valence-corrected chi connectivity index (χ1v) is 7.53. The van der Waals surface area contributed by atoms with Crippen LogP contribution >= 0.6 is 0 Å². The maximum absolute atomic E-state index is 12.4. The lowest BCUT2D eigenvalue weighted by atomic mass is 10.0. The van der Waals surface area contributed by atoms with E-state index in [0.717, 1.165) is 36.0 Å². The number of benzene rings is 1. The normalized spacial score (nSPS) is 18.6. The minimum Gasteiger partial charge on any atom is -0.464 e. The standard InChI is InChI=1S/C17H22N2O2/c1-11-5-15-14(10-21-16(15)6-12(11)2)7-17(20)19-4-3-13(8-18)9-19/h5-6,10,13H,3-4,7-9,18H2,1-2H3. The van der Waals surface area contributed by atoms with Crippen LogP contribution in [0.25, 0.3) is 11.0 Å². The van der Waals surface area contributed by atoms with Crippen molar-refractivity contribution < 1.29 is 9.21 Å². The van der Waals surface area contributed by atoms with Crippen LogP contribution in [0.3, 0.4) is 0 Å². The van der Waals surface area contributed by atoms with E-state index >= 15 is 0 Å². The van der Waals surface area contributed by atoms with Crippen molar-refractivity contribution in [1.82, 2.24) is 4.90 Å². The molecule has 21 heavy (non-hydrogen) atoms. The molecule has 1 amide bonds. The molecule has 1 atom stereocenters. The van der Waals surface area contributed by atoms with E-state index in [2.05, 4.69) is 19.9 Å². The zero-order chi connectivity index (χ0) is 15.0. The van der Waals surface area contributed by atoms with Gasteiger partial charge in [-0.05, 0) is 56.0 Å². The first-order valence-electron chi connectivity index (χ1n) is 7.53. The number of rotatable bonds is 3. The SMILES string of the molecule is Cc1cc2occ(CC(=O)N3CCC(CN)C3)c2cc1C. The minimum absolute atomic E-state index is 0.173. The van der Waals surface area contributed by atoms with Gasteiger partial charge in [0.05, 0.1) is 12.7 Å². The summed E-state index contributed by atoms with van der Waals surface area (Å²) in [5, 5.41) is 1.06. The molecule has 112 valence electrons. The van der Waals surface area contributed by atoms with Crippen molar-refractivity contribution >= 4 is 16.9 Å². The lowest BCUT2D eigenvalue weighted by Gasteiger charge is -2.15. The summed E-state index contributed by atoms with van der Waals surface area (Å²) in [5.74, 6) is 0.631. The molecule has 2 heterocycles. The smallest absolute Gasteiger partial charge is 0.227 e. The number of carbonyl (C=O) groups is 1. The van der Waals surface area contributed by atoms with Gasteiger partial charge in [0.1, 0.15) is 5.58 Å². The predicted octanol–water partition coefficient (Wildman–Crippen LogP) is 2.40. The van der Waals surface area contributed by atoms with Crippen LogP contribution in [0, 0.1) is 19.8 Å². The lowest BCUT2D eigenvalue weighted by molar-refractivity contribution is -0.129. The molecular formula is C17H22N2O2. The minimum atomic E-state index is 0.173. The van der Waals surface area contributed by atoms with Gasteiger partial charge in [0, 0.05) is 24.0 Å². The quantitative estimate of drug-likeness (QED) is 0.942. The Morgan fingerprint density at radius 3 is 2.86 bits per heavy atom. The summed E-state index contributed by atoms with van der Waals surface area (Å²) in [4.78, 5) is 14.3. The van der Waals surface area contributed by atoms with Crippen molar-refractivity contribution in [3.8, 4) is 0 Å². The van der Waals surface area contributed by atoms with E-state index in [-0.39, 0.29) is 5.91 Å². The molecule has 1 aliphatic heterocycles. The van der Waals surface area contributed by atoms with Crippen LogP contribution in [-0.2, 0) is 11.2 Å². The fraction of sp³-hybridized carbons (Fsp3) is 0.471. The monoisotopic (exact) mass is 286 g/mol. The molecule has 0 radical (unpaired) electrons. The molecule has 0 saturated carbocycles. The molecule has 3 rings (SSSR count). The van der Waals surface area contributed by atoms with Crippen LogP contribution in [-0.4, -0.2) is 30.4 Å². The second-order valence-corrected chi connectivity index (χ2v) is 6.10. The van der Waals surface area contributed by atoms with Crippen LogP contribution in [0.5, 0.6) is 0 Å². The van der Waals surface area contributed by atoms with Gasteiger partial charge in [-0.2, -0.15) is 0 Å². The molecule has 4 heteroatoms. The number of hydrogen-bond acceptors (Lipinski definition) is 3. The van der Waals surface area contributed by atoms with E-state index in [1.54, 1.807) is 6.26 Å². The van der Waals surface area contributed by atoms with Gasteiger partial charge in [-0.15, -0.1) is 0 Å². The molecule has 4 nitrogen and oxygen atoms in total. The van der Waals surface area contributed by atoms with Crippen molar-refractivity contribution in [3.05, 3.63) is 35.1 Å². The molecular weight excluding hydrogens is 264 g/mol. The summed E-state index contributed by atoms with van der Waals surface area (Å²) in [6.07, 6.45) is 3.15. The predicted molar refractivity (Wildman–Crippen MR) is 83.1 cm³/mol. The van der Waals surface area contributed by atoms with Crippen molar-refractivity contribution in [2.75, 3.05) is 19.6 Å². The highest BCUT2D eigenvalue weighted by atomic mass is 16.3. The Kier molecular flexibility index (Phi) is 3.72. The Bertz CT molecular complexity index is 675. The molecule has 0 bridgehead atoms. The van der Waals surface area contributed by atoms with Crippen LogP contribution in [0.4, 0.5) is 0 Å². The Balaban J connectivity index is 1.79. The zero-order valence-electron chi connectivity index (χ0n) is 12.7. The molecule has 2 aromatic rings. The van der Waals surface area contributed by atoms with Crippen LogP contribution in [0.15, 0.2) is 22.8 Å². The van der Waals surface area contributed by atoms with Crippen molar-refractivity contribution in [1.29, 1.82) is 0 Å². The number of furan rings is 1. The molecule has 1 fully saturated rings. The number of nitrogens with two attached hydrogens (primary N) is 1. The van der Waals surface area contributed by atoms with Gasteiger partial charge < -0.3 is 15.1 Å². The Labute approximate surface area is 124 Å². The second kappa shape index (κ2) is 5.53. The number of likely N-dealkylation sites (tertiary alicyclic amines) is 1. The van der Waals surface area contributed by atoms with E-state index in [1.165, 1.54) is 11.1 Å². The Morgan fingerprint density at radius 2 is 2.14 bits per heavy atom. The average molecular weight is 286 g/mol. The van der Waals surface area contributed by atoms with Crippen LogP contribution in [0.2, 0.25) is 0 Å². The highest BCUT2D eigenvalue weighted by Crippen LogP contribution is 2.26. The van der Waals surface area contributed by atoms with Gasteiger partial charge in [0.25, 0.3) is 0 Å². The highest BCUT2D eigenvalue weighted by molar-refractivity contribution is 5.88. The summed E-state index contributed by atoms with van der Waals surface area (Å²) in [6.45, 7) is 6.44. The molecule has 0 aliphatic carbocycles. The third kappa shape index (κ3) is 2.68. The molecule has 1 unspecified atom stereocenters. The van der Waals surface area contributed by atoms with E-state index in [1.807, 2.05) is 11.0 Å². The summed E-state index contributed by atoms with van der Waals surface area (Å²) in [7, 11) is 0. The number of hydrogen-bond donors (Lipinski definition) is 1. The van der Waals surface area contributed by atoms with Crippen molar-refractivity contribution in [3.63, 3.8) is 0 Å². The fourth-order valence-corrected chi connectivity index (χ4v) is 3.00. The maximum atomic E-state index is 12.4. The molecule has 1 saturated heterocycles. The number of fused-ring (bicyclic) bond motifs is 1. The topological polar surface area (TPSA) is 59.5 Å². The molecule has 1 aliphatic rings. The number of nitrogens with zero attached hydrogens (tertiary/aromatic N) is 1. The molecule has 1 aromatic carbocycles.